The molecule has 2 aromatic rings. The van der Waals surface area contributed by atoms with Gasteiger partial charge in [-0.25, -0.2) is 9.37 Å². The zero-order valence-corrected chi connectivity index (χ0v) is 16.2. The van der Waals surface area contributed by atoms with Gasteiger partial charge in [-0.1, -0.05) is 19.1 Å². The minimum Gasteiger partial charge on any atom is -0.441 e. The maximum atomic E-state index is 13.7. The van der Waals surface area contributed by atoms with Gasteiger partial charge in [0.1, 0.15) is 5.82 Å². The van der Waals surface area contributed by atoms with Crippen LogP contribution in [0.5, 0.6) is 0 Å². The number of nitrogens with one attached hydrogen (secondary N) is 2. The number of benzene rings is 1. The van der Waals surface area contributed by atoms with Crippen molar-refractivity contribution in [1.29, 1.82) is 0 Å². The van der Waals surface area contributed by atoms with Crippen LogP contribution in [-0.4, -0.2) is 30.0 Å². The van der Waals surface area contributed by atoms with Crippen molar-refractivity contribution in [2.75, 3.05) is 13.1 Å². The van der Waals surface area contributed by atoms with Crippen molar-refractivity contribution < 1.29 is 13.6 Å². The summed E-state index contributed by atoms with van der Waals surface area (Å²) in [5, 5.41) is 6.39. The Hall–Kier alpha value is -1.63. The van der Waals surface area contributed by atoms with E-state index in [4.69, 9.17) is 4.42 Å². The van der Waals surface area contributed by atoms with E-state index < -0.39 is 0 Å². The minimum atomic E-state index is -0.349. The van der Waals surface area contributed by atoms with Gasteiger partial charge >= 0.3 is 0 Å². The van der Waals surface area contributed by atoms with Gasteiger partial charge in [0.05, 0.1) is 11.8 Å². The number of hydrogen-bond acceptors (Lipinski definition) is 4. The maximum Gasteiger partial charge on any atom is 0.220 e. The number of carbonyl (C=O) groups is 1. The van der Waals surface area contributed by atoms with Crippen LogP contribution in [0.25, 0.3) is 11.3 Å². The highest BCUT2D eigenvalue weighted by atomic mass is 35.5. The summed E-state index contributed by atoms with van der Waals surface area (Å²) in [6.45, 7) is 3.99. The lowest BCUT2D eigenvalue weighted by atomic mass is 9.95. The summed E-state index contributed by atoms with van der Waals surface area (Å²) in [5.74, 6) is 0.909. The predicted molar refractivity (Wildman–Crippen MR) is 103 cm³/mol. The Morgan fingerprint density at radius 1 is 1.38 bits per heavy atom. The molecule has 26 heavy (non-hydrogen) atoms. The summed E-state index contributed by atoms with van der Waals surface area (Å²) in [6.07, 6.45) is 3.16. The van der Waals surface area contributed by atoms with Gasteiger partial charge in [0.2, 0.25) is 5.91 Å². The van der Waals surface area contributed by atoms with E-state index in [0.717, 1.165) is 19.5 Å². The van der Waals surface area contributed by atoms with Crippen LogP contribution in [0.1, 0.15) is 25.7 Å². The van der Waals surface area contributed by atoms with Gasteiger partial charge in [-0.15, -0.1) is 24.8 Å². The molecule has 1 amide bonds. The summed E-state index contributed by atoms with van der Waals surface area (Å²) in [6, 6.07) is 6.62. The normalized spacial score (nSPS) is 19.2. The molecule has 3 rings (SSSR count). The average molecular weight is 404 g/mol. The van der Waals surface area contributed by atoms with Gasteiger partial charge in [0, 0.05) is 18.9 Å². The van der Waals surface area contributed by atoms with Crippen molar-refractivity contribution in [3.8, 4) is 11.3 Å². The van der Waals surface area contributed by atoms with Crippen LogP contribution in [0.2, 0.25) is 0 Å². The molecule has 1 fully saturated rings. The van der Waals surface area contributed by atoms with Gasteiger partial charge in [-0.2, -0.15) is 0 Å². The Balaban J connectivity index is 0.00000169. The number of hydrogen-bond donors (Lipinski definition) is 2. The lowest BCUT2D eigenvalue weighted by Gasteiger charge is -2.30. The Bertz CT molecular complexity index is 711. The van der Waals surface area contributed by atoms with Crippen molar-refractivity contribution in [2.45, 2.75) is 32.2 Å². The van der Waals surface area contributed by atoms with Crippen LogP contribution >= 0.6 is 24.8 Å². The number of piperidine rings is 1. The largest absolute Gasteiger partial charge is 0.441 e. The van der Waals surface area contributed by atoms with Gasteiger partial charge in [-0.3, -0.25) is 4.79 Å². The van der Waals surface area contributed by atoms with E-state index in [1.807, 2.05) is 0 Å². The van der Waals surface area contributed by atoms with Crippen LogP contribution in [0.3, 0.4) is 0 Å². The van der Waals surface area contributed by atoms with Gasteiger partial charge in [0.25, 0.3) is 0 Å². The molecule has 5 nitrogen and oxygen atoms in total. The predicted octanol–water partition coefficient (Wildman–Crippen LogP) is 3.37. The fourth-order valence-electron chi connectivity index (χ4n) is 2.94. The van der Waals surface area contributed by atoms with Crippen molar-refractivity contribution in [3.05, 3.63) is 42.2 Å². The first kappa shape index (κ1) is 22.4. The number of carbonyl (C=O) groups excluding carboxylic acids is 1. The fourth-order valence-corrected chi connectivity index (χ4v) is 2.94. The highest BCUT2D eigenvalue weighted by Crippen LogP contribution is 2.23. The number of aromatic nitrogens is 1. The van der Waals surface area contributed by atoms with Crippen LogP contribution in [0.4, 0.5) is 4.39 Å². The summed E-state index contributed by atoms with van der Waals surface area (Å²) in [4.78, 5) is 16.2. The SMILES string of the molecule is CC1CNCCC1NC(=O)CCc1ncc(-c2ccccc2F)o1.Cl.Cl. The van der Waals surface area contributed by atoms with Crippen molar-refractivity contribution in [3.63, 3.8) is 0 Å². The molecule has 2 unspecified atom stereocenters. The molecular formula is C18H24Cl2FN3O2. The Kier molecular flexibility index (Phi) is 9.05. The highest BCUT2D eigenvalue weighted by molar-refractivity contribution is 5.85. The topological polar surface area (TPSA) is 67.2 Å². The molecule has 2 atom stereocenters. The zero-order chi connectivity index (χ0) is 16.9. The molecule has 144 valence electrons. The number of rotatable bonds is 5. The molecule has 2 heterocycles. The highest BCUT2D eigenvalue weighted by Gasteiger charge is 2.22. The van der Waals surface area contributed by atoms with E-state index in [9.17, 15) is 9.18 Å². The lowest BCUT2D eigenvalue weighted by Crippen LogP contribution is -2.48. The quantitative estimate of drug-likeness (QED) is 0.802. The van der Waals surface area contributed by atoms with Gasteiger partial charge < -0.3 is 15.1 Å². The molecule has 0 radical (unpaired) electrons. The molecular weight excluding hydrogens is 380 g/mol. The van der Waals surface area contributed by atoms with E-state index in [1.165, 1.54) is 12.3 Å². The van der Waals surface area contributed by atoms with Crippen LogP contribution in [0.15, 0.2) is 34.9 Å². The van der Waals surface area contributed by atoms with E-state index in [2.05, 4.69) is 22.5 Å². The minimum absolute atomic E-state index is 0. The second kappa shape index (κ2) is 10.5. The Morgan fingerprint density at radius 2 is 2.15 bits per heavy atom. The molecule has 2 N–H and O–H groups in total. The number of aryl methyl sites for hydroxylation is 1. The summed E-state index contributed by atoms with van der Waals surface area (Å²) in [5.41, 5.74) is 0.379. The average Bonchev–Trinajstić information content (AvgIpc) is 3.04. The molecule has 0 saturated carbocycles. The Labute approximate surface area is 165 Å². The van der Waals surface area contributed by atoms with Crippen molar-refractivity contribution in [1.82, 2.24) is 15.6 Å². The van der Waals surface area contributed by atoms with Crippen LogP contribution in [-0.2, 0) is 11.2 Å². The third-order valence-corrected chi connectivity index (χ3v) is 4.39. The van der Waals surface area contributed by atoms with E-state index in [-0.39, 0.29) is 42.6 Å². The molecule has 1 saturated heterocycles. The third kappa shape index (κ3) is 5.69. The molecule has 0 bridgehead atoms. The second-order valence-electron chi connectivity index (χ2n) is 6.24. The Morgan fingerprint density at radius 3 is 2.88 bits per heavy atom. The first-order valence-corrected chi connectivity index (χ1v) is 8.33. The number of oxazole rings is 1. The molecule has 8 heteroatoms. The molecule has 1 aliphatic rings. The number of halogens is 3. The first-order valence-electron chi connectivity index (χ1n) is 8.33. The van der Waals surface area contributed by atoms with Crippen LogP contribution in [0, 0.1) is 11.7 Å². The number of amides is 1. The van der Waals surface area contributed by atoms with Crippen molar-refractivity contribution in [2.24, 2.45) is 5.92 Å². The summed E-state index contributed by atoms with van der Waals surface area (Å²) in [7, 11) is 0. The van der Waals surface area contributed by atoms with Gasteiger partial charge in [-0.05, 0) is 37.6 Å². The van der Waals surface area contributed by atoms with Crippen LogP contribution < -0.4 is 10.6 Å². The standard InChI is InChI=1S/C18H22FN3O2.2ClH/c1-12-10-20-9-8-15(12)22-17(23)6-7-18-21-11-16(24-18)13-4-2-3-5-14(13)19;;/h2-5,11-12,15,20H,6-10H2,1H3,(H,22,23);2*1H. The monoisotopic (exact) mass is 403 g/mol. The number of nitrogens with zero attached hydrogens (tertiary/aromatic N) is 1. The first-order chi connectivity index (χ1) is 11.6. The fraction of sp³-hybridized carbons (Fsp3) is 0.444. The molecule has 1 aliphatic heterocycles. The van der Waals surface area contributed by atoms with Crippen molar-refractivity contribution >= 4 is 30.7 Å². The molecule has 0 spiro atoms. The summed E-state index contributed by atoms with van der Waals surface area (Å²) >= 11 is 0. The maximum absolute atomic E-state index is 13.7. The molecule has 0 aliphatic carbocycles. The van der Waals surface area contributed by atoms with Gasteiger partial charge in [0.15, 0.2) is 11.7 Å². The molecule has 1 aromatic heterocycles. The smallest absolute Gasteiger partial charge is 0.220 e. The van der Waals surface area contributed by atoms with E-state index in [0.29, 0.717) is 36.0 Å². The lowest BCUT2D eigenvalue weighted by molar-refractivity contribution is -0.122. The zero-order valence-electron chi connectivity index (χ0n) is 14.5. The third-order valence-electron chi connectivity index (χ3n) is 4.39. The second-order valence-corrected chi connectivity index (χ2v) is 6.24. The molecule has 1 aromatic carbocycles. The van der Waals surface area contributed by atoms with E-state index >= 15 is 0 Å². The summed E-state index contributed by atoms with van der Waals surface area (Å²) < 4.78 is 19.3. The van der Waals surface area contributed by atoms with E-state index in [1.54, 1.807) is 18.2 Å².